The molecule has 1 aromatic rings. The molecule has 0 spiro atoms. The van der Waals surface area contributed by atoms with E-state index in [1.807, 2.05) is 6.20 Å². The van der Waals surface area contributed by atoms with Gasteiger partial charge in [-0.3, -0.25) is 4.90 Å². The van der Waals surface area contributed by atoms with Crippen molar-refractivity contribution in [1.29, 1.82) is 0 Å². The Labute approximate surface area is 133 Å². The maximum Gasteiger partial charge on any atom is 0.185 e. The van der Waals surface area contributed by atoms with Gasteiger partial charge in [-0.25, -0.2) is 4.98 Å². The minimum atomic E-state index is 0.418. The molecular weight excluding hydrogens is 338 g/mol. The first kappa shape index (κ1) is 14.8. The summed E-state index contributed by atoms with van der Waals surface area (Å²) in [5, 5.41) is 4.32. The van der Waals surface area contributed by atoms with Crippen molar-refractivity contribution in [2.24, 2.45) is 5.41 Å². The molecule has 20 heavy (non-hydrogen) atoms. The Morgan fingerprint density at radius 2 is 2.00 bits per heavy atom. The zero-order valence-corrected chi connectivity index (χ0v) is 14.2. The molecule has 0 aliphatic carbocycles. The molecule has 0 atom stereocenters. The Bertz CT molecular complexity index is 401. The zero-order chi connectivity index (χ0) is 13.8. The number of piperazine rings is 1. The van der Waals surface area contributed by atoms with Crippen LogP contribution in [0.4, 0.5) is 5.13 Å². The Kier molecular flexibility index (Phi) is 4.96. The summed E-state index contributed by atoms with van der Waals surface area (Å²) in [6.07, 6.45) is 4.27. The van der Waals surface area contributed by atoms with E-state index in [9.17, 15) is 0 Å². The second-order valence-corrected chi connectivity index (χ2v) is 7.26. The lowest BCUT2D eigenvalue weighted by molar-refractivity contribution is 0.00737. The molecule has 2 aliphatic heterocycles. The summed E-state index contributed by atoms with van der Waals surface area (Å²) >= 11 is 5.48. The predicted octanol–water partition coefficient (Wildman–Crippen LogP) is 2.46. The summed E-state index contributed by atoms with van der Waals surface area (Å²) in [5.74, 6) is 0. The first-order valence-corrected chi connectivity index (χ1v) is 9.32. The first-order chi connectivity index (χ1) is 9.81. The number of nitrogens with zero attached hydrogens (tertiary/aromatic N) is 3. The van der Waals surface area contributed by atoms with Gasteiger partial charge in [-0.2, -0.15) is 0 Å². The van der Waals surface area contributed by atoms with Crippen molar-refractivity contribution in [1.82, 2.24) is 9.88 Å². The van der Waals surface area contributed by atoms with Gasteiger partial charge in [0.05, 0.1) is 0 Å². The summed E-state index contributed by atoms with van der Waals surface area (Å²) in [6.45, 7) is 7.54. The number of aromatic nitrogens is 1. The van der Waals surface area contributed by atoms with Crippen molar-refractivity contribution < 1.29 is 4.74 Å². The largest absolute Gasteiger partial charge is 0.381 e. The summed E-state index contributed by atoms with van der Waals surface area (Å²) in [5.41, 5.74) is 0.418. The number of halogens is 1. The molecule has 6 heteroatoms. The molecule has 2 saturated heterocycles. The van der Waals surface area contributed by atoms with Crippen molar-refractivity contribution in [2.45, 2.75) is 12.8 Å². The minimum Gasteiger partial charge on any atom is -0.381 e. The zero-order valence-electron chi connectivity index (χ0n) is 11.8. The minimum absolute atomic E-state index is 0.418. The van der Waals surface area contributed by atoms with E-state index in [0.717, 1.165) is 44.7 Å². The average molecular weight is 360 g/mol. The number of thiazole rings is 1. The van der Waals surface area contributed by atoms with Crippen LogP contribution in [0.2, 0.25) is 0 Å². The molecule has 2 fully saturated rings. The highest BCUT2D eigenvalue weighted by atomic mass is 79.9. The van der Waals surface area contributed by atoms with Crippen molar-refractivity contribution in [3.63, 3.8) is 0 Å². The van der Waals surface area contributed by atoms with Crippen molar-refractivity contribution in [2.75, 3.05) is 56.2 Å². The highest BCUT2D eigenvalue weighted by Gasteiger charge is 2.34. The van der Waals surface area contributed by atoms with Crippen LogP contribution in [-0.2, 0) is 4.74 Å². The quantitative estimate of drug-likeness (QED) is 0.772. The fourth-order valence-electron chi connectivity index (χ4n) is 3.08. The van der Waals surface area contributed by atoms with E-state index in [0.29, 0.717) is 5.41 Å². The van der Waals surface area contributed by atoms with Gasteiger partial charge in [-0.05, 0) is 18.3 Å². The molecule has 0 saturated carbocycles. The summed E-state index contributed by atoms with van der Waals surface area (Å²) in [4.78, 5) is 9.44. The topological polar surface area (TPSA) is 28.6 Å². The molecule has 0 bridgehead atoms. The lowest BCUT2D eigenvalue weighted by atomic mass is 9.81. The van der Waals surface area contributed by atoms with Gasteiger partial charge in [0.25, 0.3) is 0 Å². The Hall–Kier alpha value is -0.170. The molecule has 1 aromatic heterocycles. The van der Waals surface area contributed by atoms with Crippen LogP contribution in [0.25, 0.3) is 0 Å². The Morgan fingerprint density at radius 1 is 1.25 bits per heavy atom. The van der Waals surface area contributed by atoms with Gasteiger partial charge >= 0.3 is 0 Å². The number of hydrogen-bond donors (Lipinski definition) is 0. The van der Waals surface area contributed by atoms with Crippen molar-refractivity contribution >= 4 is 32.4 Å². The molecule has 0 aromatic carbocycles. The third-order valence-corrected chi connectivity index (χ3v) is 6.48. The number of rotatable bonds is 4. The Balaban J connectivity index is 1.53. The van der Waals surface area contributed by atoms with Gasteiger partial charge < -0.3 is 9.64 Å². The van der Waals surface area contributed by atoms with E-state index in [4.69, 9.17) is 4.74 Å². The van der Waals surface area contributed by atoms with E-state index < -0.39 is 0 Å². The summed E-state index contributed by atoms with van der Waals surface area (Å²) in [6, 6.07) is 0. The molecule has 0 unspecified atom stereocenters. The van der Waals surface area contributed by atoms with E-state index >= 15 is 0 Å². The number of alkyl halides is 1. The average Bonchev–Trinajstić information content (AvgIpc) is 3.03. The SMILES string of the molecule is BrCC1(CN2CCN(c3nccs3)CC2)CCOCC1. The van der Waals surface area contributed by atoms with E-state index in [2.05, 4.69) is 36.1 Å². The van der Waals surface area contributed by atoms with Crippen LogP contribution in [-0.4, -0.2) is 61.2 Å². The molecule has 0 N–H and O–H groups in total. The Morgan fingerprint density at radius 3 is 2.60 bits per heavy atom. The molecule has 0 amide bonds. The summed E-state index contributed by atoms with van der Waals surface area (Å²) in [7, 11) is 0. The maximum atomic E-state index is 5.53. The van der Waals surface area contributed by atoms with Crippen LogP contribution >= 0.6 is 27.3 Å². The maximum absolute atomic E-state index is 5.53. The fourth-order valence-corrected chi connectivity index (χ4v) is 4.52. The molecular formula is C14H22BrN3OS. The van der Waals surface area contributed by atoms with Crippen molar-refractivity contribution in [3.8, 4) is 0 Å². The summed E-state index contributed by atoms with van der Waals surface area (Å²) < 4.78 is 5.53. The lowest BCUT2D eigenvalue weighted by Crippen LogP contribution is -2.51. The smallest absolute Gasteiger partial charge is 0.185 e. The number of hydrogen-bond acceptors (Lipinski definition) is 5. The van der Waals surface area contributed by atoms with E-state index in [1.54, 1.807) is 11.3 Å². The highest BCUT2D eigenvalue weighted by molar-refractivity contribution is 9.09. The van der Waals surface area contributed by atoms with Crippen LogP contribution < -0.4 is 4.90 Å². The predicted molar refractivity (Wildman–Crippen MR) is 87.0 cm³/mol. The molecule has 3 rings (SSSR count). The standard InChI is InChI=1S/C14H22BrN3OS/c15-11-14(1-8-19-9-2-14)12-17-4-6-18(7-5-17)13-16-3-10-20-13/h3,10H,1-2,4-9,11-12H2. The van der Waals surface area contributed by atoms with Gasteiger partial charge in [0.2, 0.25) is 0 Å². The molecule has 0 radical (unpaired) electrons. The van der Waals surface area contributed by atoms with Crippen LogP contribution in [0, 0.1) is 5.41 Å². The van der Waals surface area contributed by atoms with Gasteiger partial charge in [-0.15, -0.1) is 11.3 Å². The molecule has 4 nitrogen and oxygen atoms in total. The van der Waals surface area contributed by atoms with Gasteiger partial charge in [0.1, 0.15) is 0 Å². The fraction of sp³-hybridized carbons (Fsp3) is 0.786. The third-order valence-electron chi connectivity index (χ3n) is 4.46. The van der Waals surface area contributed by atoms with E-state index in [1.165, 1.54) is 24.5 Å². The third kappa shape index (κ3) is 3.35. The van der Waals surface area contributed by atoms with Crippen LogP contribution in [0.15, 0.2) is 11.6 Å². The second-order valence-electron chi connectivity index (χ2n) is 5.82. The van der Waals surface area contributed by atoms with Gasteiger partial charge in [0, 0.05) is 62.8 Å². The number of ether oxygens (including phenoxy) is 1. The van der Waals surface area contributed by atoms with Gasteiger partial charge in [0.15, 0.2) is 5.13 Å². The van der Waals surface area contributed by atoms with Gasteiger partial charge in [-0.1, -0.05) is 15.9 Å². The number of anilines is 1. The van der Waals surface area contributed by atoms with Crippen LogP contribution in [0.3, 0.4) is 0 Å². The monoisotopic (exact) mass is 359 g/mol. The highest BCUT2D eigenvalue weighted by Crippen LogP contribution is 2.34. The molecule has 2 aliphatic rings. The lowest BCUT2D eigenvalue weighted by Gasteiger charge is -2.43. The molecule has 3 heterocycles. The van der Waals surface area contributed by atoms with E-state index in [-0.39, 0.29) is 0 Å². The van der Waals surface area contributed by atoms with Crippen LogP contribution in [0.1, 0.15) is 12.8 Å². The molecule has 112 valence electrons. The normalized spacial score (nSPS) is 23.9. The van der Waals surface area contributed by atoms with Crippen LogP contribution in [0.5, 0.6) is 0 Å². The first-order valence-electron chi connectivity index (χ1n) is 7.32. The second kappa shape index (κ2) is 6.73. The van der Waals surface area contributed by atoms with Crippen molar-refractivity contribution in [3.05, 3.63) is 11.6 Å².